The Bertz CT molecular complexity index is 696. The molecule has 2 aromatic rings. The van der Waals surface area contributed by atoms with Gasteiger partial charge in [-0.15, -0.1) is 11.3 Å². The lowest BCUT2D eigenvalue weighted by molar-refractivity contribution is 0.314. The van der Waals surface area contributed by atoms with E-state index in [0.717, 1.165) is 12.0 Å². The van der Waals surface area contributed by atoms with Crippen LogP contribution in [0.1, 0.15) is 17.2 Å². The van der Waals surface area contributed by atoms with Gasteiger partial charge in [0.05, 0.1) is 6.04 Å². The Morgan fingerprint density at radius 2 is 2.05 bits per heavy atom. The van der Waals surface area contributed by atoms with Crippen molar-refractivity contribution in [2.45, 2.75) is 16.7 Å². The lowest BCUT2D eigenvalue weighted by Gasteiger charge is -2.35. The van der Waals surface area contributed by atoms with Crippen LogP contribution in [0.4, 0.5) is 0 Å². The fourth-order valence-electron chi connectivity index (χ4n) is 2.69. The van der Waals surface area contributed by atoms with E-state index < -0.39 is 10.0 Å². The number of hydrogen-bond acceptors (Lipinski definition) is 4. The van der Waals surface area contributed by atoms with E-state index in [2.05, 4.69) is 0 Å². The third-order valence-corrected chi connectivity index (χ3v) is 6.93. The summed E-state index contributed by atoms with van der Waals surface area (Å²) in [7, 11) is -3.45. The van der Waals surface area contributed by atoms with Crippen LogP contribution in [0.2, 0.25) is 0 Å². The molecule has 106 valence electrons. The van der Waals surface area contributed by atoms with Crippen molar-refractivity contribution in [1.29, 1.82) is 0 Å². The molecule has 0 saturated heterocycles. The maximum absolute atomic E-state index is 12.7. The second-order valence-corrected chi connectivity index (χ2v) is 7.81. The minimum atomic E-state index is -3.45. The minimum absolute atomic E-state index is 0.271. The molecule has 1 aromatic carbocycles. The predicted molar refractivity (Wildman–Crippen MR) is 80.2 cm³/mol. The van der Waals surface area contributed by atoms with E-state index in [1.54, 1.807) is 21.8 Å². The van der Waals surface area contributed by atoms with Crippen LogP contribution in [0.15, 0.2) is 46.0 Å². The SMILES string of the molecule is NCC1c2ccccc2CCN1S(=O)(=O)c1cccs1. The molecule has 0 amide bonds. The summed E-state index contributed by atoms with van der Waals surface area (Å²) in [6.07, 6.45) is 0.733. The summed E-state index contributed by atoms with van der Waals surface area (Å²) in [5.74, 6) is 0. The molecule has 1 aromatic heterocycles. The van der Waals surface area contributed by atoms with Crippen LogP contribution < -0.4 is 5.73 Å². The smallest absolute Gasteiger partial charge is 0.253 e. The average Bonchev–Trinajstić information content (AvgIpc) is 3.00. The van der Waals surface area contributed by atoms with Gasteiger partial charge in [0.1, 0.15) is 4.21 Å². The molecule has 20 heavy (non-hydrogen) atoms. The number of rotatable bonds is 3. The van der Waals surface area contributed by atoms with E-state index in [-0.39, 0.29) is 6.04 Å². The molecule has 1 atom stereocenters. The first-order valence-electron chi connectivity index (χ1n) is 6.48. The van der Waals surface area contributed by atoms with Crippen LogP contribution in [0.25, 0.3) is 0 Å². The maximum atomic E-state index is 12.7. The highest BCUT2D eigenvalue weighted by Gasteiger charge is 2.35. The molecule has 2 heterocycles. The van der Waals surface area contributed by atoms with E-state index in [4.69, 9.17) is 5.73 Å². The maximum Gasteiger partial charge on any atom is 0.253 e. The molecule has 6 heteroatoms. The van der Waals surface area contributed by atoms with Gasteiger partial charge in [-0.25, -0.2) is 8.42 Å². The summed E-state index contributed by atoms with van der Waals surface area (Å²) in [6, 6.07) is 11.1. The van der Waals surface area contributed by atoms with Crippen LogP contribution >= 0.6 is 11.3 Å². The fraction of sp³-hybridized carbons (Fsp3) is 0.286. The Morgan fingerprint density at radius 1 is 1.25 bits per heavy atom. The lowest BCUT2D eigenvalue weighted by Crippen LogP contribution is -2.42. The van der Waals surface area contributed by atoms with Gasteiger partial charge in [-0.2, -0.15) is 4.31 Å². The van der Waals surface area contributed by atoms with Crippen molar-refractivity contribution in [3.05, 3.63) is 52.9 Å². The first kappa shape index (κ1) is 13.8. The molecule has 0 saturated carbocycles. The quantitative estimate of drug-likeness (QED) is 0.943. The monoisotopic (exact) mass is 308 g/mol. The number of sulfonamides is 1. The van der Waals surface area contributed by atoms with Gasteiger partial charge in [-0.1, -0.05) is 30.3 Å². The van der Waals surface area contributed by atoms with Gasteiger partial charge in [0, 0.05) is 13.1 Å². The number of benzene rings is 1. The first-order chi connectivity index (χ1) is 9.64. The molecule has 4 nitrogen and oxygen atoms in total. The molecule has 1 aliphatic rings. The van der Waals surface area contributed by atoms with E-state index >= 15 is 0 Å². The van der Waals surface area contributed by atoms with Crippen LogP contribution in [0.5, 0.6) is 0 Å². The molecular formula is C14H16N2O2S2. The Morgan fingerprint density at radius 3 is 2.75 bits per heavy atom. The van der Waals surface area contributed by atoms with Crippen molar-refractivity contribution in [2.75, 3.05) is 13.1 Å². The molecule has 3 rings (SSSR count). The molecule has 0 fully saturated rings. The van der Waals surface area contributed by atoms with Crippen LogP contribution in [0, 0.1) is 0 Å². The van der Waals surface area contributed by atoms with Crippen molar-refractivity contribution in [1.82, 2.24) is 4.31 Å². The Hall–Kier alpha value is -1.21. The Labute approximate surface area is 122 Å². The number of nitrogens with two attached hydrogens (primary N) is 1. The number of hydrogen-bond donors (Lipinski definition) is 1. The third kappa shape index (κ3) is 2.18. The number of fused-ring (bicyclic) bond motifs is 1. The highest BCUT2D eigenvalue weighted by Crippen LogP contribution is 2.34. The molecule has 0 aliphatic carbocycles. The van der Waals surface area contributed by atoms with Gasteiger partial charge >= 0.3 is 0 Å². The fourth-order valence-corrected chi connectivity index (χ4v) is 5.42. The van der Waals surface area contributed by atoms with Crippen molar-refractivity contribution >= 4 is 21.4 Å². The molecule has 0 bridgehead atoms. The van der Waals surface area contributed by atoms with E-state index in [9.17, 15) is 8.42 Å². The Kier molecular flexibility index (Phi) is 3.64. The summed E-state index contributed by atoms with van der Waals surface area (Å²) >= 11 is 1.25. The van der Waals surface area contributed by atoms with Crippen LogP contribution in [-0.4, -0.2) is 25.8 Å². The van der Waals surface area contributed by atoms with Gasteiger partial charge in [-0.3, -0.25) is 0 Å². The van der Waals surface area contributed by atoms with E-state index in [0.29, 0.717) is 17.3 Å². The third-order valence-electron chi connectivity index (χ3n) is 3.64. The van der Waals surface area contributed by atoms with Crippen molar-refractivity contribution in [3.8, 4) is 0 Å². The zero-order chi connectivity index (χ0) is 14.2. The number of nitrogens with zero attached hydrogens (tertiary/aromatic N) is 1. The van der Waals surface area contributed by atoms with Crippen LogP contribution in [-0.2, 0) is 16.4 Å². The summed E-state index contributed by atoms with van der Waals surface area (Å²) in [5.41, 5.74) is 8.08. The minimum Gasteiger partial charge on any atom is -0.329 e. The normalized spacial score (nSPS) is 19.8. The van der Waals surface area contributed by atoms with Gasteiger partial charge in [0.15, 0.2) is 0 Å². The molecule has 1 unspecified atom stereocenters. The zero-order valence-corrected chi connectivity index (χ0v) is 12.5. The second kappa shape index (κ2) is 5.29. The largest absolute Gasteiger partial charge is 0.329 e. The van der Waals surface area contributed by atoms with Crippen molar-refractivity contribution in [3.63, 3.8) is 0 Å². The van der Waals surface area contributed by atoms with Crippen LogP contribution in [0.3, 0.4) is 0 Å². The van der Waals surface area contributed by atoms with Crippen molar-refractivity contribution in [2.24, 2.45) is 5.73 Å². The molecule has 1 aliphatic heterocycles. The van der Waals surface area contributed by atoms with Gasteiger partial charge < -0.3 is 5.73 Å². The second-order valence-electron chi connectivity index (χ2n) is 4.75. The van der Waals surface area contributed by atoms with Crippen molar-refractivity contribution < 1.29 is 8.42 Å². The molecular weight excluding hydrogens is 292 g/mol. The Balaban J connectivity index is 2.04. The van der Waals surface area contributed by atoms with E-state index in [1.807, 2.05) is 24.3 Å². The van der Waals surface area contributed by atoms with Gasteiger partial charge in [0.25, 0.3) is 10.0 Å². The number of thiophene rings is 1. The predicted octanol–water partition coefficient (Wildman–Crippen LogP) is 1.99. The topological polar surface area (TPSA) is 63.4 Å². The van der Waals surface area contributed by atoms with E-state index in [1.165, 1.54) is 16.9 Å². The highest BCUT2D eigenvalue weighted by molar-refractivity contribution is 7.91. The van der Waals surface area contributed by atoms with Gasteiger partial charge in [-0.05, 0) is 29.0 Å². The summed E-state index contributed by atoms with van der Waals surface area (Å²) in [4.78, 5) is 0. The lowest BCUT2D eigenvalue weighted by atomic mass is 9.94. The molecule has 0 radical (unpaired) electrons. The summed E-state index contributed by atoms with van der Waals surface area (Å²) in [5, 5.41) is 1.78. The standard InChI is InChI=1S/C14H16N2O2S2/c15-10-13-12-5-2-1-4-11(12)7-8-16(13)20(17,18)14-6-3-9-19-14/h1-6,9,13H,7-8,10,15H2. The highest BCUT2D eigenvalue weighted by atomic mass is 32.2. The van der Waals surface area contributed by atoms with Gasteiger partial charge in [0.2, 0.25) is 0 Å². The summed E-state index contributed by atoms with van der Waals surface area (Å²) in [6.45, 7) is 0.779. The average molecular weight is 308 g/mol. The first-order valence-corrected chi connectivity index (χ1v) is 8.80. The molecule has 0 spiro atoms. The zero-order valence-electron chi connectivity index (χ0n) is 10.9. The molecule has 2 N–H and O–H groups in total. The summed E-state index contributed by atoms with van der Waals surface area (Å²) < 4.78 is 27.3.